The van der Waals surface area contributed by atoms with E-state index in [1.54, 1.807) is 6.07 Å². The highest BCUT2D eigenvalue weighted by Gasteiger charge is 2.16. The average Bonchev–Trinajstić information content (AvgIpc) is 3.02. The molecule has 2 aromatic carbocycles. The van der Waals surface area contributed by atoms with Gasteiger partial charge in [0.2, 0.25) is 5.89 Å². The van der Waals surface area contributed by atoms with E-state index in [9.17, 15) is 4.39 Å². The molecule has 1 heterocycles. The standard InChI is InChI=1S/C18H19FN2O3/c1-11(12-8-16(22-2)17(23-3)9-13(12)19)20-10-18-21-14-6-4-5-7-15(14)24-18/h4-9,11,20H,10H2,1-3H3/t11-/m1/s1. The van der Waals surface area contributed by atoms with Crippen LogP contribution >= 0.6 is 0 Å². The van der Waals surface area contributed by atoms with E-state index < -0.39 is 0 Å². The minimum Gasteiger partial charge on any atom is -0.493 e. The lowest BCUT2D eigenvalue weighted by Gasteiger charge is -2.16. The molecule has 5 nitrogen and oxygen atoms in total. The maximum Gasteiger partial charge on any atom is 0.209 e. The van der Waals surface area contributed by atoms with Gasteiger partial charge < -0.3 is 19.2 Å². The molecule has 0 fully saturated rings. The van der Waals surface area contributed by atoms with Gasteiger partial charge in [-0.2, -0.15) is 0 Å². The molecule has 1 aromatic heterocycles. The number of ether oxygens (including phenoxy) is 2. The van der Waals surface area contributed by atoms with E-state index in [0.717, 1.165) is 11.1 Å². The van der Waals surface area contributed by atoms with Crippen molar-refractivity contribution in [2.45, 2.75) is 19.5 Å². The molecule has 3 rings (SSSR count). The summed E-state index contributed by atoms with van der Waals surface area (Å²) in [7, 11) is 3.00. The van der Waals surface area contributed by atoms with Gasteiger partial charge in [-0.15, -0.1) is 0 Å². The number of fused-ring (bicyclic) bond motifs is 1. The summed E-state index contributed by atoms with van der Waals surface area (Å²) in [6.07, 6.45) is 0. The second-order valence-electron chi connectivity index (χ2n) is 5.41. The van der Waals surface area contributed by atoms with Crippen LogP contribution in [0.5, 0.6) is 11.5 Å². The summed E-state index contributed by atoms with van der Waals surface area (Å²) in [5.74, 6) is 1.06. The van der Waals surface area contributed by atoms with E-state index in [4.69, 9.17) is 13.9 Å². The number of benzene rings is 2. The van der Waals surface area contributed by atoms with Gasteiger partial charge in [0.15, 0.2) is 17.1 Å². The molecule has 0 radical (unpaired) electrons. The molecule has 0 aliphatic carbocycles. The molecule has 0 amide bonds. The van der Waals surface area contributed by atoms with Gasteiger partial charge in [0.25, 0.3) is 0 Å². The Bertz CT molecular complexity index is 814. The van der Waals surface area contributed by atoms with Crippen LogP contribution in [0.2, 0.25) is 0 Å². The second-order valence-corrected chi connectivity index (χ2v) is 5.41. The molecule has 1 N–H and O–H groups in total. The van der Waals surface area contributed by atoms with Crippen molar-refractivity contribution in [2.24, 2.45) is 0 Å². The smallest absolute Gasteiger partial charge is 0.209 e. The predicted octanol–water partition coefficient (Wildman–Crippen LogP) is 3.83. The maximum absolute atomic E-state index is 14.3. The summed E-state index contributed by atoms with van der Waals surface area (Å²) >= 11 is 0. The molecule has 0 unspecified atom stereocenters. The van der Waals surface area contributed by atoms with Crippen molar-refractivity contribution in [3.63, 3.8) is 0 Å². The predicted molar refractivity (Wildman–Crippen MR) is 88.8 cm³/mol. The zero-order chi connectivity index (χ0) is 17.1. The first-order chi connectivity index (χ1) is 11.6. The number of nitrogens with zero attached hydrogens (tertiary/aromatic N) is 1. The Morgan fingerprint density at radius 3 is 2.58 bits per heavy atom. The van der Waals surface area contributed by atoms with Crippen LogP contribution in [0.4, 0.5) is 4.39 Å². The Hall–Kier alpha value is -2.60. The van der Waals surface area contributed by atoms with Gasteiger partial charge in [-0.05, 0) is 25.1 Å². The van der Waals surface area contributed by atoms with Crippen LogP contribution in [0.15, 0.2) is 40.8 Å². The second kappa shape index (κ2) is 6.88. The van der Waals surface area contributed by atoms with Gasteiger partial charge in [-0.25, -0.2) is 9.37 Å². The van der Waals surface area contributed by atoms with Gasteiger partial charge in [0.05, 0.1) is 20.8 Å². The van der Waals surface area contributed by atoms with Gasteiger partial charge in [-0.1, -0.05) is 12.1 Å². The Morgan fingerprint density at radius 1 is 1.17 bits per heavy atom. The van der Waals surface area contributed by atoms with Crippen molar-refractivity contribution >= 4 is 11.1 Å². The topological polar surface area (TPSA) is 56.5 Å². The summed E-state index contributed by atoms with van der Waals surface area (Å²) in [5.41, 5.74) is 2.03. The van der Waals surface area contributed by atoms with Crippen molar-refractivity contribution in [2.75, 3.05) is 14.2 Å². The van der Waals surface area contributed by atoms with Crippen LogP contribution in [-0.4, -0.2) is 19.2 Å². The van der Waals surface area contributed by atoms with Crippen molar-refractivity contribution in [1.82, 2.24) is 10.3 Å². The minimum absolute atomic E-state index is 0.250. The molecule has 6 heteroatoms. The summed E-state index contributed by atoms with van der Waals surface area (Å²) < 4.78 is 30.3. The zero-order valence-corrected chi connectivity index (χ0v) is 13.8. The van der Waals surface area contributed by atoms with Crippen LogP contribution in [-0.2, 0) is 6.54 Å². The highest BCUT2D eigenvalue weighted by molar-refractivity contribution is 5.72. The fourth-order valence-corrected chi connectivity index (χ4v) is 2.55. The average molecular weight is 330 g/mol. The molecule has 0 aliphatic heterocycles. The Balaban J connectivity index is 1.75. The summed E-state index contributed by atoms with van der Waals surface area (Å²) in [4.78, 5) is 4.39. The molecule has 3 aromatic rings. The Labute approximate surface area is 139 Å². The molecule has 1 atom stereocenters. The molecule has 0 saturated heterocycles. The number of hydrogen-bond donors (Lipinski definition) is 1. The fraction of sp³-hybridized carbons (Fsp3) is 0.278. The highest BCUT2D eigenvalue weighted by Crippen LogP contribution is 2.32. The Morgan fingerprint density at radius 2 is 1.88 bits per heavy atom. The number of rotatable bonds is 6. The van der Waals surface area contributed by atoms with Crippen LogP contribution in [0.1, 0.15) is 24.4 Å². The number of oxazole rings is 1. The van der Waals surface area contributed by atoms with Crippen LogP contribution in [0.3, 0.4) is 0 Å². The monoisotopic (exact) mass is 330 g/mol. The van der Waals surface area contributed by atoms with E-state index >= 15 is 0 Å². The molecule has 24 heavy (non-hydrogen) atoms. The summed E-state index contributed by atoms with van der Waals surface area (Å²) in [6, 6.07) is 10.3. The maximum atomic E-state index is 14.3. The lowest BCUT2D eigenvalue weighted by molar-refractivity contribution is 0.350. The molecular weight excluding hydrogens is 311 g/mol. The van der Waals surface area contributed by atoms with Gasteiger partial charge >= 0.3 is 0 Å². The first-order valence-corrected chi connectivity index (χ1v) is 7.61. The zero-order valence-electron chi connectivity index (χ0n) is 13.8. The fourth-order valence-electron chi connectivity index (χ4n) is 2.55. The SMILES string of the molecule is COc1cc(F)c([C@@H](C)NCc2nc3ccccc3o2)cc1OC. The lowest BCUT2D eigenvalue weighted by Crippen LogP contribution is -2.19. The number of nitrogens with one attached hydrogen (secondary N) is 1. The number of halogens is 1. The van der Waals surface area contributed by atoms with Gasteiger partial charge in [0, 0.05) is 17.7 Å². The van der Waals surface area contributed by atoms with Crippen LogP contribution < -0.4 is 14.8 Å². The van der Waals surface area contributed by atoms with Crippen molar-refractivity contribution in [1.29, 1.82) is 0 Å². The van der Waals surface area contributed by atoms with Crippen LogP contribution in [0, 0.1) is 5.82 Å². The quantitative estimate of drug-likeness (QED) is 0.744. The highest BCUT2D eigenvalue weighted by atomic mass is 19.1. The third kappa shape index (κ3) is 3.19. The largest absolute Gasteiger partial charge is 0.493 e. The first-order valence-electron chi connectivity index (χ1n) is 7.61. The van der Waals surface area contributed by atoms with Crippen LogP contribution in [0.25, 0.3) is 11.1 Å². The molecule has 0 spiro atoms. The van der Waals surface area contributed by atoms with E-state index in [0.29, 0.717) is 29.5 Å². The van der Waals surface area contributed by atoms with Crippen molar-refractivity contribution < 1.29 is 18.3 Å². The van der Waals surface area contributed by atoms with E-state index in [1.165, 1.54) is 20.3 Å². The third-order valence-corrected chi connectivity index (χ3v) is 3.87. The molecule has 0 saturated carbocycles. The minimum atomic E-state index is -0.356. The summed E-state index contributed by atoms with van der Waals surface area (Å²) in [6.45, 7) is 2.26. The molecule has 0 aliphatic rings. The molecular formula is C18H19FN2O3. The number of hydrogen-bond acceptors (Lipinski definition) is 5. The van der Waals surface area contributed by atoms with E-state index in [1.807, 2.05) is 31.2 Å². The van der Waals surface area contributed by atoms with Gasteiger partial charge in [-0.3, -0.25) is 0 Å². The normalized spacial score (nSPS) is 12.3. The first kappa shape index (κ1) is 16.3. The van der Waals surface area contributed by atoms with Gasteiger partial charge in [0.1, 0.15) is 11.3 Å². The molecule has 0 bridgehead atoms. The lowest BCUT2D eigenvalue weighted by atomic mass is 10.1. The van der Waals surface area contributed by atoms with Crippen molar-refractivity contribution in [3.05, 3.63) is 53.7 Å². The van der Waals surface area contributed by atoms with E-state index in [2.05, 4.69) is 10.3 Å². The third-order valence-electron chi connectivity index (χ3n) is 3.87. The van der Waals surface area contributed by atoms with E-state index in [-0.39, 0.29) is 11.9 Å². The number of aromatic nitrogens is 1. The summed E-state index contributed by atoms with van der Waals surface area (Å²) in [5, 5.41) is 3.21. The van der Waals surface area contributed by atoms with Crippen molar-refractivity contribution in [3.8, 4) is 11.5 Å². The Kier molecular flexibility index (Phi) is 4.66. The molecule has 126 valence electrons. The number of methoxy groups -OCH3 is 2. The number of para-hydroxylation sites is 2.